The molecule has 1 aromatic rings. The lowest BCUT2D eigenvalue weighted by Crippen LogP contribution is -2.09. The second kappa shape index (κ2) is 7.56. The first-order chi connectivity index (χ1) is 13.4. The van der Waals surface area contributed by atoms with Crippen LogP contribution in [0.5, 0.6) is 0 Å². The molecule has 0 saturated heterocycles. The molecule has 3 rings (SSSR count). The van der Waals surface area contributed by atoms with Crippen LogP contribution in [0.25, 0.3) is 27.9 Å². The molecule has 0 spiro atoms. The molecule has 1 aliphatic heterocycles. The summed E-state index contributed by atoms with van der Waals surface area (Å²) in [5, 5.41) is 10.5. The van der Waals surface area contributed by atoms with Gasteiger partial charge in [-0.05, 0) is 42.8 Å². The van der Waals surface area contributed by atoms with Crippen molar-refractivity contribution >= 4 is 28.2 Å². The van der Waals surface area contributed by atoms with Gasteiger partial charge >= 0.3 is 5.97 Å². The average molecular weight is 375 g/mol. The standard InChI is InChI=1S/C23H21NO4/c1-5-7-17(23(26)27)16(6-2)22-18-10-8-14(24(3)4)12-20(18)28-21-13-15(25)9-11-19(21)22/h5-13H,1H2,2-4H3,(H,26,27)/b16-6+,17-7+. The van der Waals surface area contributed by atoms with Crippen LogP contribution in [0.3, 0.4) is 0 Å². The smallest absolute Gasteiger partial charge is 0.336 e. The number of nitrogens with zero attached hydrogens (tertiary/aromatic N) is 1. The van der Waals surface area contributed by atoms with E-state index < -0.39 is 5.97 Å². The van der Waals surface area contributed by atoms with Gasteiger partial charge in [-0.2, -0.15) is 0 Å². The van der Waals surface area contributed by atoms with Gasteiger partial charge in [0.15, 0.2) is 5.43 Å². The summed E-state index contributed by atoms with van der Waals surface area (Å²) < 4.78 is 6.01. The molecule has 0 aromatic heterocycles. The van der Waals surface area contributed by atoms with Gasteiger partial charge in [0.1, 0.15) is 11.3 Å². The van der Waals surface area contributed by atoms with E-state index in [1.165, 1.54) is 24.3 Å². The fourth-order valence-corrected chi connectivity index (χ4v) is 3.26. The van der Waals surface area contributed by atoms with E-state index in [0.29, 0.717) is 28.0 Å². The number of hydrogen-bond acceptors (Lipinski definition) is 4. The van der Waals surface area contributed by atoms with Crippen LogP contribution in [0.15, 0.2) is 76.0 Å². The summed E-state index contributed by atoms with van der Waals surface area (Å²) in [5.41, 5.74) is 3.37. The number of fused-ring (bicyclic) bond motifs is 2. The third-order valence-electron chi connectivity index (χ3n) is 4.56. The SMILES string of the molecule is C=C/C=C(C(=O)O)\C(=C/C)c1c2ccc(=O)cc-2oc2cc(N(C)C)ccc12. The van der Waals surface area contributed by atoms with Crippen molar-refractivity contribution in [3.8, 4) is 11.3 Å². The highest BCUT2D eigenvalue weighted by Gasteiger charge is 2.23. The van der Waals surface area contributed by atoms with Crippen molar-refractivity contribution in [1.29, 1.82) is 0 Å². The van der Waals surface area contributed by atoms with Crippen LogP contribution in [-0.2, 0) is 4.79 Å². The Morgan fingerprint density at radius 1 is 1.18 bits per heavy atom. The summed E-state index contributed by atoms with van der Waals surface area (Å²) >= 11 is 0. The van der Waals surface area contributed by atoms with Gasteiger partial charge in [-0.1, -0.05) is 18.7 Å². The van der Waals surface area contributed by atoms with Crippen molar-refractivity contribution in [2.75, 3.05) is 19.0 Å². The first kappa shape index (κ1) is 19.2. The molecule has 5 heteroatoms. The Labute approximate surface area is 162 Å². The first-order valence-electron chi connectivity index (χ1n) is 8.78. The quantitative estimate of drug-likeness (QED) is 0.402. The molecule has 0 radical (unpaired) electrons. The summed E-state index contributed by atoms with van der Waals surface area (Å²) in [6.07, 6.45) is 4.67. The molecule has 0 unspecified atom stereocenters. The number of anilines is 1. The van der Waals surface area contributed by atoms with E-state index in [1.807, 2.05) is 37.2 Å². The normalized spacial score (nSPS) is 12.4. The lowest BCUT2D eigenvalue weighted by molar-refractivity contribution is -0.132. The molecule has 28 heavy (non-hydrogen) atoms. The van der Waals surface area contributed by atoms with Crippen LogP contribution in [0.2, 0.25) is 0 Å². The van der Waals surface area contributed by atoms with E-state index in [-0.39, 0.29) is 11.0 Å². The third kappa shape index (κ3) is 3.34. The van der Waals surface area contributed by atoms with Crippen molar-refractivity contribution in [2.45, 2.75) is 6.92 Å². The molecule has 0 atom stereocenters. The lowest BCUT2D eigenvalue weighted by atomic mass is 9.89. The number of rotatable bonds is 5. The van der Waals surface area contributed by atoms with E-state index in [2.05, 4.69) is 6.58 Å². The van der Waals surface area contributed by atoms with Gasteiger partial charge in [-0.15, -0.1) is 0 Å². The van der Waals surface area contributed by atoms with Crippen LogP contribution in [-0.4, -0.2) is 25.2 Å². The van der Waals surface area contributed by atoms with Crippen molar-refractivity contribution in [1.82, 2.24) is 0 Å². The predicted molar refractivity (Wildman–Crippen MR) is 113 cm³/mol. The highest BCUT2D eigenvalue weighted by atomic mass is 16.4. The van der Waals surface area contributed by atoms with Crippen LogP contribution < -0.4 is 10.3 Å². The molecule has 2 aliphatic rings. The second-order valence-electron chi connectivity index (χ2n) is 6.53. The van der Waals surface area contributed by atoms with E-state index >= 15 is 0 Å². The topological polar surface area (TPSA) is 70.7 Å². The van der Waals surface area contributed by atoms with Crippen LogP contribution in [0.4, 0.5) is 5.69 Å². The highest BCUT2D eigenvalue weighted by molar-refractivity contribution is 6.12. The minimum absolute atomic E-state index is 0.120. The summed E-state index contributed by atoms with van der Waals surface area (Å²) in [7, 11) is 3.84. The van der Waals surface area contributed by atoms with Crippen molar-refractivity contribution in [3.63, 3.8) is 0 Å². The molecule has 5 nitrogen and oxygen atoms in total. The van der Waals surface area contributed by atoms with Crippen LogP contribution in [0, 0.1) is 0 Å². The van der Waals surface area contributed by atoms with E-state index in [4.69, 9.17) is 4.42 Å². The van der Waals surface area contributed by atoms with Gasteiger partial charge in [-0.3, -0.25) is 4.79 Å². The van der Waals surface area contributed by atoms with Crippen molar-refractivity contribution in [2.24, 2.45) is 0 Å². The summed E-state index contributed by atoms with van der Waals surface area (Å²) in [5.74, 6) is -0.644. The monoisotopic (exact) mass is 375 g/mol. The number of benzene rings is 2. The van der Waals surface area contributed by atoms with E-state index in [9.17, 15) is 14.7 Å². The molecule has 0 saturated carbocycles. The van der Waals surface area contributed by atoms with E-state index in [1.54, 1.807) is 19.1 Å². The minimum Gasteiger partial charge on any atom is -0.478 e. The maximum absolute atomic E-state index is 11.9. The molecule has 1 aromatic carbocycles. The molecule has 0 amide bonds. The minimum atomic E-state index is -1.06. The molecule has 0 fully saturated rings. The Hall–Kier alpha value is -3.60. The van der Waals surface area contributed by atoms with Gasteiger partial charge in [0, 0.05) is 48.4 Å². The summed E-state index contributed by atoms with van der Waals surface area (Å²) in [6.45, 7) is 5.41. The Bertz CT molecular complexity index is 1160. The van der Waals surface area contributed by atoms with Crippen molar-refractivity contribution in [3.05, 3.63) is 82.6 Å². The zero-order valence-electron chi connectivity index (χ0n) is 16.0. The summed E-state index contributed by atoms with van der Waals surface area (Å²) in [4.78, 5) is 25.7. The maximum atomic E-state index is 11.9. The summed E-state index contributed by atoms with van der Waals surface area (Å²) in [6, 6.07) is 10.3. The average Bonchev–Trinajstić information content (AvgIpc) is 2.66. The maximum Gasteiger partial charge on any atom is 0.336 e. The van der Waals surface area contributed by atoms with E-state index in [0.717, 1.165) is 11.1 Å². The number of aliphatic carboxylic acids is 1. The number of carboxylic acids is 1. The van der Waals surface area contributed by atoms with Crippen LogP contribution in [0.1, 0.15) is 12.5 Å². The van der Waals surface area contributed by atoms with Gasteiger partial charge in [-0.25, -0.2) is 4.79 Å². The number of carboxylic acid groups (broad SMARTS) is 1. The number of hydrogen-bond donors (Lipinski definition) is 1. The first-order valence-corrected chi connectivity index (χ1v) is 8.78. The zero-order chi connectivity index (χ0) is 20.4. The lowest BCUT2D eigenvalue weighted by Gasteiger charge is -2.19. The van der Waals surface area contributed by atoms with Gasteiger partial charge in [0.25, 0.3) is 0 Å². The Balaban J connectivity index is 2.48. The predicted octanol–water partition coefficient (Wildman–Crippen LogP) is 4.56. The van der Waals surface area contributed by atoms with Crippen LogP contribution >= 0.6 is 0 Å². The molecule has 0 bridgehead atoms. The fraction of sp³-hybridized carbons (Fsp3) is 0.130. The highest BCUT2D eigenvalue weighted by Crippen LogP contribution is 2.40. The molecule has 1 N–H and O–H groups in total. The molecular weight excluding hydrogens is 354 g/mol. The number of allylic oxidation sites excluding steroid dienone is 3. The fourth-order valence-electron chi connectivity index (χ4n) is 3.26. The Morgan fingerprint density at radius 2 is 1.93 bits per heavy atom. The molecule has 142 valence electrons. The largest absolute Gasteiger partial charge is 0.478 e. The number of carbonyl (C=O) groups is 1. The molecule has 1 heterocycles. The molecular formula is C23H21NO4. The second-order valence-corrected chi connectivity index (χ2v) is 6.53. The van der Waals surface area contributed by atoms with Gasteiger partial charge < -0.3 is 14.4 Å². The van der Waals surface area contributed by atoms with Gasteiger partial charge in [0.2, 0.25) is 0 Å². The Morgan fingerprint density at radius 3 is 2.54 bits per heavy atom. The van der Waals surface area contributed by atoms with Gasteiger partial charge in [0.05, 0.1) is 5.57 Å². The zero-order valence-corrected chi connectivity index (χ0v) is 16.0. The van der Waals surface area contributed by atoms with Crippen molar-refractivity contribution < 1.29 is 14.3 Å². The third-order valence-corrected chi connectivity index (χ3v) is 4.56. The molecule has 1 aliphatic carbocycles. The Kier molecular flexibility index (Phi) is 5.18.